The Labute approximate surface area is 204 Å². The molecule has 8 nitrogen and oxygen atoms in total. The average Bonchev–Trinajstić information content (AvgIpc) is 3.42. The Morgan fingerprint density at radius 3 is 2.62 bits per heavy atom. The van der Waals surface area contributed by atoms with E-state index in [9.17, 15) is 13.2 Å². The average molecular weight is 503 g/mol. The fourth-order valence-corrected chi connectivity index (χ4v) is 6.69. The van der Waals surface area contributed by atoms with Gasteiger partial charge in [-0.1, -0.05) is 43.3 Å². The molecule has 0 saturated carbocycles. The SMILES string of the molecule is CCOc1ccc2nc(SCC(=O)N3CCN(S(=O)(=O)c4ccc(C)cc4)C3C(C)C)[nH]c2c1. The van der Waals surface area contributed by atoms with Gasteiger partial charge in [0.1, 0.15) is 11.9 Å². The van der Waals surface area contributed by atoms with Gasteiger partial charge >= 0.3 is 0 Å². The third kappa shape index (κ3) is 4.94. The summed E-state index contributed by atoms with van der Waals surface area (Å²) in [5.74, 6) is 0.762. The van der Waals surface area contributed by atoms with Crippen LogP contribution in [0.25, 0.3) is 11.0 Å². The summed E-state index contributed by atoms with van der Waals surface area (Å²) in [6, 6.07) is 12.5. The fraction of sp³-hybridized carbons (Fsp3) is 0.417. The monoisotopic (exact) mass is 502 g/mol. The second-order valence-corrected chi connectivity index (χ2v) is 11.5. The van der Waals surface area contributed by atoms with E-state index in [0.717, 1.165) is 22.3 Å². The molecule has 1 amide bonds. The Hall–Kier alpha value is -2.56. The van der Waals surface area contributed by atoms with E-state index in [4.69, 9.17) is 4.74 Å². The molecule has 0 radical (unpaired) electrons. The molecule has 0 bridgehead atoms. The number of carbonyl (C=O) groups is 1. The van der Waals surface area contributed by atoms with Gasteiger partial charge in [0.25, 0.3) is 0 Å². The number of H-pyrrole nitrogens is 1. The number of ether oxygens (including phenoxy) is 1. The van der Waals surface area contributed by atoms with Crippen molar-refractivity contribution in [3.05, 3.63) is 48.0 Å². The van der Waals surface area contributed by atoms with Crippen molar-refractivity contribution in [2.45, 2.75) is 43.9 Å². The Kier molecular flexibility index (Phi) is 7.20. The molecule has 10 heteroatoms. The fourth-order valence-electron chi connectivity index (χ4n) is 4.20. The van der Waals surface area contributed by atoms with Crippen LogP contribution in [0.4, 0.5) is 0 Å². The molecule has 4 rings (SSSR count). The van der Waals surface area contributed by atoms with E-state index < -0.39 is 16.2 Å². The lowest BCUT2D eigenvalue weighted by Crippen LogP contribution is -2.48. The maximum absolute atomic E-state index is 13.3. The van der Waals surface area contributed by atoms with Gasteiger partial charge in [0.05, 0.1) is 28.3 Å². The molecule has 34 heavy (non-hydrogen) atoms. The highest BCUT2D eigenvalue weighted by atomic mass is 32.2. The number of nitrogens with one attached hydrogen (secondary N) is 1. The molecule has 1 unspecified atom stereocenters. The molecule has 1 N–H and O–H groups in total. The van der Waals surface area contributed by atoms with Crippen LogP contribution in [-0.4, -0.2) is 65.1 Å². The first-order chi connectivity index (χ1) is 16.2. The zero-order chi connectivity index (χ0) is 24.5. The van der Waals surface area contributed by atoms with Gasteiger partial charge in [-0.05, 0) is 44.0 Å². The summed E-state index contributed by atoms with van der Waals surface area (Å²) in [5, 5.41) is 0.640. The predicted molar refractivity (Wildman–Crippen MR) is 133 cm³/mol. The third-order valence-electron chi connectivity index (χ3n) is 5.79. The topological polar surface area (TPSA) is 95.6 Å². The van der Waals surface area contributed by atoms with Crippen LogP contribution in [-0.2, 0) is 14.8 Å². The van der Waals surface area contributed by atoms with Crippen LogP contribution < -0.4 is 4.74 Å². The molecule has 0 spiro atoms. The number of aromatic nitrogens is 2. The zero-order valence-corrected chi connectivity index (χ0v) is 21.4. The second-order valence-electron chi connectivity index (χ2n) is 8.62. The lowest BCUT2D eigenvalue weighted by atomic mass is 10.1. The summed E-state index contributed by atoms with van der Waals surface area (Å²) >= 11 is 1.31. The van der Waals surface area contributed by atoms with Gasteiger partial charge in [-0.15, -0.1) is 0 Å². The molecule has 1 atom stereocenters. The first-order valence-electron chi connectivity index (χ1n) is 11.3. The van der Waals surface area contributed by atoms with Crippen molar-refractivity contribution >= 4 is 38.7 Å². The molecule has 2 aromatic carbocycles. The van der Waals surface area contributed by atoms with E-state index in [0.29, 0.717) is 18.3 Å². The number of imidazole rings is 1. The van der Waals surface area contributed by atoms with Crippen molar-refractivity contribution < 1.29 is 17.9 Å². The maximum atomic E-state index is 13.3. The van der Waals surface area contributed by atoms with Crippen molar-refractivity contribution in [3.8, 4) is 5.75 Å². The number of sulfonamides is 1. The number of hydrogen-bond acceptors (Lipinski definition) is 6. The standard InChI is InChI=1S/C24H30N4O4S2/c1-5-32-18-8-11-20-21(14-18)26-24(25-20)33-15-22(29)27-12-13-28(23(27)16(2)3)34(30,31)19-9-6-17(4)7-10-19/h6-11,14,16,23H,5,12-13,15H2,1-4H3,(H,25,26). The summed E-state index contributed by atoms with van der Waals surface area (Å²) in [6.07, 6.45) is -0.524. The summed E-state index contributed by atoms with van der Waals surface area (Å²) in [7, 11) is -3.71. The van der Waals surface area contributed by atoms with Gasteiger partial charge in [0.2, 0.25) is 15.9 Å². The van der Waals surface area contributed by atoms with Gasteiger partial charge in [-0.2, -0.15) is 4.31 Å². The van der Waals surface area contributed by atoms with Crippen LogP contribution in [0.15, 0.2) is 52.5 Å². The molecule has 1 aromatic heterocycles. The largest absolute Gasteiger partial charge is 0.494 e. The number of aryl methyl sites for hydroxylation is 1. The van der Waals surface area contributed by atoms with E-state index in [1.165, 1.54) is 16.1 Å². The number of aromatic amines is 1. The highest BCUT2D eigenvalue weighted by molar-refractivity contribution is 7.99. The molecule has 182 valence electrons. The van der Waals surface area contributed by atoms with Crippen LogP contribution in [0.3, 0.4) is 0 Å². The number of rotatable bonds is 8. The molecule has 2 heterocycles. The Bertz CT molecular complexity index is 1270. The molecule has 0 aliphatic carbocycles. The van der Waals surface area contributed by atoms with Crippen LogP contribution in [0.1, 0.15) is 26.3 Å². The summed E-state index contributed by atoms with van der Waals surface area (Å²) in [4.78, 5) is 22.9. The lowest BCUT2D eigenvalue weighted by Gasteiger charge is -2.32. The molecular weight excluding hydrogens is 472 g/mol. The minimum absolute atomic E-state index is 0.0557. The third-order valence-corrected chi connectivity index (χ3v) is 8.54. The number of benzene rings is 2. The van der Waals surface area contributed by atoms with Crippen molar-refractivity contribution in [1.29, 1.82) is 0 Å². The number of carbonyl (C=O) groups excluding carboxylic acids is 1. The quantitative estimate of drug-likeness (QED) is 0.470. The van der Waals surface area contributed by atoms with E-state index in [2.05, 4.69) is 9.97 Å². The van der Waals surface area contributed by atoms with Gasteiger partial charge < -0.3 is 14.6 Å². The molecule has 1 saturated heterocycles. The van der Waals surface area contributed by atoms with E-state index in [1.54, 1.807) is 29.2 Å². The van der Waals surface area contributed by atoms with Crippen LogP contribution in [0.5, 0.6) is 5.75 Å². The number of amides is 1. The van der Waals surface area contributed by atoms with E-state index in [-0.39, 0.29) is 29.0 Å². The van der Waals surface area contributed by atoms with Crippen molar-refractivity contribution in [2.75, 3.05) is 25.4 Å². The van der Waals surface area contributed by atoms with E-state index in [1.807, 2.05) is 45.9 Å². The Morgan fingerprint density at radius 1 is 1.21 bits per heavy atom. The highest BCUT2D eigenvalue weighted by Gasteiger charge is 2.43. The summed E-state index contributed by atoms with van der Waals surface area (Å²) in [6.45, 7) is 8.96. The molecule has 1 aliphatic heterocycles. The number of nitrogens with zero attached hydrogens (tertiary/aromatic N) is 3. The Balaban J connectivity index is 1.47. The molecule has 3 aromatic rings. The number of hydrogen-bond donors (Lipinski definition) is 1. The highest BCUT2D eigenvalue weighted by Crippen LogP contribution is 2.30. The van der Waals surface area contributed by atoms with Gasteiger partial charge in [-0.3, -0.25) is 4.79 Å². The first-order valence-corrected chi connectivity index (χ1v) is 13.8. The Morgan fingerprint density at radius 2 is 1.94 bits per heavy atom. The lowest BCUT2D eigenvalue weighted by molar-refractivity contribution is -0.130. The van der Waals surface area contributed by atoms with Gasteiger partial charge in [-0.25, -0.2) is 13.4 Å². The smallest absolute Gasteiger partial charge is 0.244 e. The predicted octanol–water partition coefficient (Wildman–Crippen LogP) is 3.88. The summed E-state index contributed by atoms with van der Waals surface area (Å²) in [5.41, 5.74) is 2.64. The summed E-state index contributed by atoms with van der Waals surface area (Å²) < 4.78 is 33.7. The van der Waals surface area contributed by atoms with Crippen molar-refractivity contribution in [3.63, 3.8) is 0 Å². The normalized spacial score (nSPS) is 17.1. The number of thioether (sulfide) groups is 1. The zero-order valence-electron chi connectivity index (χ0n) is 19.8. The maximum Gasteiger partial charge on any atom is 0.244 e. The minimum Gasteiger partial charge on any atom is -0.494 e. The molecule has 1 fully saturated rings. The first kappa shape index (κ1) is 24.6. The molecule has 1 aliphatic rings. The second kappa shape index (κ2) is 9.97. The minimum atomic E-state index is -3.71. The van der Waals surface area contributed by atoms with E-state index >= 15 is 0 Å². The van der Waals surface area contributed by atoms with Crippen molar-refractivity contribution in [2.24, 2.45) is 5.92 Å². The van der Waals surface area contributed by atoms with Crippen LogP contribution >= 0.6 is 11.8 Å². The van der Waals surface area contributed by atoms with Gasteiger partial charge in [0, 0.05) is 19.2 Å². The van der Waals surface area contributed by atoms with Crippen LogP contribution in [0, 0.1) is 12.8 Å². The molecular formula is C24H30N4O4S2. The van der Waals surface area contributed by atoms with Gasteiger partial charge in [0.15, 0.2) is 5.16 Å². The van der Waals surface area contributed by atoms with Crippen molar-refractivity contribution in [1.82, 2.24) is 19.2 Å². The van der Waals surface area contributed by atoms with Crippen LogP contribution in [0.2, 0.25) is 0 Å². The number of fused-ring (bicyclic) bond motifs is 1.